The molecule has 0 unspecified atom stereocenters. The summed E-state index contributed by atoms with van der Waals surface area (Å²) in [6.07, 6.45) is 4.99. The maximum atomic E-state index is 12.4. The Labute approximate surface area is 136 Å². The Balaban J connectivity index is 1.82. The number of pyridine rings is 1. The molecule has 22 heavy (non-hydrogen) atoms. The molecule has 0 aliphatic carbocycles. The summed E-state index contributed by atoms with van der Waals surface area (Å²) in [4.78, 5) is 16.3. The number of rotatable bonds is 4. The van der Waals surface area contributed by atoms with Gasteiger partial charge in [0.15, 0.2) is 5.69 Å². The Morgan fingerprint density at radius 2 is 1.91 bits per heavy atom. The molecule has 7 heteroatoms. The van der Waals surface area contributed by atoms with Crippen LogP contribution in [0, 0.1) is 0 Å². The number of carbonyl (C=O) groups excluding carboxylic acids is 1. The van der Waals surface area contributed by atoms with Crippen molar-refractivity contribution < 1.29 is 4.79 Å². The number of carbonyl (C=O) groups is 1. The van der Waals surface area contributed by atoms with Gasteiger partial charge in [-0.25, -0.2) is 4.68 Å². The highest BCUT2D eigenvalue weighted by Crippen LogP contribution is 2.22. The third kappa shape index (κ3) is 3.16. The SMILES string of the molecule is O=C(c1cn(Cc2ccncc2)nn1)c1ccc(Cl)cc1Cl. The molecule has 0 N–H and O–H groups in total. The van der Waals surface area contributed by atoms with Crippen molar-refractivity contribution >= 4 is 29.0 Å². The molecule has 1 aromatic carbocycles. The average molecular weight is 333 g/mol. The molecule has 0 saturated heterocycles. The number of hydrogen-bond donors (Lipinski definition) is 0. The van der Waals surface area contributed by atoms with E-state index >= 15 is 0 Å². The van der Waals surface area contributed by atoms with Gasteiger partial charge in [0.25, 0.3) is 0 Å². The van der Waals surface area contributed by atoms with Gasteiger partial charge in [-0.3, -0.25) is 9.78 Å². The lowest BCUT2D eigenvalue weighted by Gasteiger charge is -2.01. The Morgan fingerprint density at radius 1 is 1.14 bits per heavy atom. The molecule has 0 radical (unpaired) electrons. The average Bonchev–Trinajstić information content (AvgIpc) is 2.96. The number of benzene rings is 1. The minimum atomic E-state index is -0.289. The summed E-state index contributed by atoms with van der Waals surface area (Å²) >= 11 is 11.9. The van der Waals surface area contributed by atoms with Gasteiger partial charge in [-0.15, -0.1) is 5.10 Å². The molecular formula is C15H10Cl2N4O. The Hall–Kier alpha value is -2.24. The first-order valence-corrected chi connectivity index (χ1v) is 7.18. The molecule has 0 aliphatic rings. The van der Waals surface area contributed by atoms with Gasteiger partial charge in [0.2, 0.25) is 5.78 Å². The predicted octanol–water partition coefficient (Wildman–Crippen LogP) is 3.26. The second-order valence-electron chi connectivity index (χ2n) is 4.61. The van der Waals surface area contributed by atoms with Crippen LogP contribution in [0.25, 0.3) is 0 Å². The fourth-order valence-corrected chi connectivity index (χ4v) is 2.46. The molecule has 3 aromatic rings. The molecule has 0 saturated carbocycles. The molecule has 2 heterocycles. The zero-order valence-corrected chi connectivity index (χ0v) is 12.8. The number of halogens is 2. The van der Waals surface area contributed by atoms with Crippen LogP contribution in [0.4, 0.5) is 0 Å². The Bertz CT molecular complexity index is 817. The van der Waals surface area contributed by atoms with Crippen molar-refractivity contribution in [3.05, 3.63) is 75.8 Å². The Morgan fingerprint density at radius 3 is 2.64 bits per heavy atom. The number of hydrogen-bond acceptors (Lipinski definition) is 4. The molecule has 0 atom stereocenters. The third-order valence-electron chi connectivity index (χ3n) is 3.04. The summed E-state index contributed by atoms with van der Waals surface area (Å²) in [5, 5.41) is 8.64. The highest BCUT2D eigenvalue weighted by Gasteiger charge is 2.16. The van der Waals surface area contributed by atoms with E-state index in [0.29, 0.717) is 22.2 Å². The minimum Gasteiger partial charge on any atom is -0.287 e. The maximum Gasteiger partial charge on any atom is 0.216 e. The lowest BCUT2D eigenvalue weighted by atomic mass is 10.1. The van der Waals surface area contributed by atoms with Gasteiger partial charge >= 0.3 is 0 Å². The van der Waals surface area contributed by atoms with Crippen molar-refractivity contribution in [3.63, 3.8) is 0 Å². The van der Waals surface area contributed by atoms with Gasteiger partial charge < -0.3 is 0 Å². The van der Waals surface area contributed by atoms with E-state index in [2.05, 4.69) is 15.3 Å². The second-order valence-corrected chi connectivity index (χ2v) is 5.45. The normalized spacial score (nSPS) is 10.6. The zero-order valence-electron chi connectivity index (χ0n) is 11.3. The largest absolute Gasteiger partial charge is 0.287 e. The number of nitrogens with zero attached hydrogens (tertiary/aromatic N) is 4. The van der Waals surface area contributed by atoms with Gasteiger partial charge in [-0.2, -0.15) is 0 Å². The van der Waals surface area contributed by atoms with Crippen molar-refractivity contribution in [3.8, 4) is 0 Å². The molecule has 0 fully saturated rings. The van der Waals surface area contributed by atoms with Crippen molar-refractivity contribution in [1.29, 1.82) is 0 Å². The van der Waals surface area contributed by atoms with E-state index in [1.54, 1.807) is 35.4 Å². The van der Waals surface area contributed by atoms with E-state index < -0.39 is 0 Å². The predicted molar refractivity (Wildman–Crippen MR) is 83.3 cm³/mol. The fourth-order valence-electron chi connectivity index (χ4n) is 1.97. The quantitative estimate of drug-likeness (QED) is 0.688. The summed E-state index contributed by atoms with van der Waals surface area (Å²) in [6.45, 7) is 0.511. The zero-order chi connectivity index (χ0) is 15.5. The van der Waals surface area contributed by atoms with Gasteiger partial charge in [-0.1, -0.05) is 28.4 Å². The van der Waals surface area contributed by atoms with Crippen LogP contribution in [-0.2, 0) is 6.54 Å². The first kappa shape index (κ1) is 14.7. The molecule has 0 aliphatic heterocycles. The molecule has 3 rings (SSSR count). The number of aromatic nitrogens is 4. The van der Waals surface area contributed by atoms with Crippen molar-refractivity contribution in [2.75, 3.05) is 0 Å². The van der Waals surface area contributed by atoms with Crippen LogP contribution >= 0.6 is 23.2 Å². The first-order chi connectivity index (χ1) is 10.6. The van der Waals surface area contributed by atoms with Crippen LogP contribution in [0.5, 0.6) is 0 Å². The van der Waals surface area contributed by atoms with E-state index in [1.165, 1.54) is 6.07 Å². The van der Waals surface area contributed by atoms with Crippen LogP contribution in [0.3, 0.4) is 0 Å². The topological polar surface area (TPSA) is 60.7 Å². The molecule has 2 aromatic heterocycles. The highest BCUT2D eigenvalue weighted by molar-refractivity contribution is 6.37. The van der Waals surface area contributed by atoms with Gasteiger partial charge in [0, 0.05) is 23.0 Å². The van der Waals surface area contributed by atoms with Crippen LogP contribution in [-0.4, -0.2) is 25.8 Å². The van der Waals surface area contributed by atoms with Crippen LogP contribution in [0.15, 0.2) is 48.9 Å². The molecule has 0 amide bonds. The van der Waals surface area contributed by atoms with Gasteiger partial charge in [0.1, 0.15) is 0 Å². The van der Waals surface area contributed by atoms with Crippen molar-refractivity contribution in [2.45, 2.75) is 6.54 Å². The van der Waals surface area contributed by atoms with Crippen molar-refractivity contribution in [1.82, 2.24) is 20.0 Å². The molecule has 5 nitrogen and oxygen atoms in total. The van der Waals surface area contributed by atoms with E-state index in [1.807, 2.05) is 12.1 Å². The molecule has 110 valence electrons. The summed E-state index contributed by atoms with van der Waals surface area (Å²) in [7, 11) is 0. The lowest BCUT2D eigenvalue weighted by Crippen LogP contribution is -2.03. The van der Waals surface area contributed by atoms with Crippen molar-refractivity contribution in [2.24, 2.45) is 0 Å². The number of ketones is 1. The standard InChI is InChI=1S/C15H10Cl2N4O/c16-11-1-2-12(13(17)7-11)15(22)14-9-21(20-19-14)8-10-3-5-18-6-4-10/h1-7,9H,8H2. The first-order valence-electron chi connectivity index (χ1n) is 6.42. The molecule has 0 spiro atoms. The van der Waals surface area contributed by atoms with Crippen LogP contribution in [0.1, 0.15) is 21.6 Å². The molecular weight excluding hydrogens is 323 g/mol. The molecule has 0 bridgehead atoms. The summed E-state index contributed by atoms with van der Waals surface area (Å²) < 4.78 is 1.59. The Kier molecular flexibility index (Phi) is 4.18. The van der Waals surface area contributed by atoms with E-state index in [4.69, 9.17) is 23.2 Å². The summed E-state index contributed by atoms with van der Waals surface area (Å²) in [6, 6.07) is 8.47. The fraction of sp³-hybridized carbons (Fsp3) is 0.0667. The van der Waals surface area contributed by atoms with E-state index in [-0.39, 0.29) is 11.5 Å². The summed E-state index contributed by atoms with van der Waals surface area (Å²) in [5.41, 5.74) is 1.60. The monoisotopic (exact) mass is 332 g/mol. The van der Waals surface area contributed by atoms with Gasteiger partial charge in [0.05, 0.1) is 17.8 Å². The maximum absolute atomic E-state index is 12.4. The minimum absolute atomic E-state index is 0.235. The van der Waals surface area contributed by atoms with E-state index in [0.717, 1.165) is 5.56 Å². The second kappa shape index (κ2) is 6.25. The summed E-state index contributed by atoms with van der Waals surface area (Å²) in [5.74, 6) is -0.289. The lowest BCUT2D eigenvalue weighted by molar-refractivity contribution is 0.103. The smallest absolute Gasteiger partial charge is 0.216 e. The third-order valence-corrected chi connectivity index (χ3v) is 3.59. The van der Waals surface area contributed by atoms with Crippen LogP contribution < -0.4 is 0 Å². The highest BCUT2D eigenvalue weighted by atomic mass is 35.5. The van der Waals surface area contributed by atoms with E-state index in [9.17, 15) is 4.79 Å². The van der Waals surface area contributed by atoms with Gasteiger partial charge in [-0.05, 0) is 35.9 Å². The van der Waals surface area contributed by atoms with Crippen LogP contribution in [0.2, 0.25) is 10.0 Å².